The van der Waals surface area contributed by atoms with E-state index >= 15 is 0 Å². The molecule has 0 radical (unpaired) electrons. The van der Waals surface area contributed by atoms with Crippen LogP contribution in [0.4, 0.5) is 0 Å². The van der Waals surface area contributed by atoms with Crippen LogP contribution in [0.1, 0.15) is 65.2 Å². The number of hydrogen-bond acceptors (Lipinski definition) is 2. The summed E-state index contributed by atoms with van der Waals surface area (Å²) >= 11 is 0. The molecule has 0 saturated carbocycles. The summed E-state index contributed by atoms with van der Waals surface area (Å²) < 4.78 is 0. The largest absolute Gasteiger partial charge is 0.396 e. The second-order valence-corrected chi connectivity index (χ2v) is 4.78. The number of hydrogen-bond donors (Lipinski definition) is 2. The van der Waals surface area contributed by atoms with Crippen LogP contribution < -0.4 is 5.73 Å². The first-order chi connectivity index (χ1) is 7.24. The Labute approximate surface area is 95.3 Å². The monoisotopic (exact) mass is 215 g/mol. The summed E-state index contributed by atoms with van der Waals surface area (Å²) in [7, 11) is 0. The Balaban J connectivity index is 3.93. The average molecular weight is 215 g/mol. The minimum atomic E-state index is 0.0182. The molecule has 0 amide bonds. The van der Waals surface area contributed by atoms with Crippen LogP contribution in [-0.2, 0) is 0 Å². The van der Waals surface area contributed by atoms with Gasteiger partial charge in [0.05, 0.1) is 0 Å². The van der Waals surface area contributed by atoms with Gasteiger partial charge in [0.2, 0.25) is 0 Å². The maximum absolute atomic E-state index is 9.50. The summed E-state index contributed by atoms with van der Waals surface area (Å²) in [5, 5.41) is 9.50. The van der Waals surface area contributed by atoms with E-state index in [1.807, 2.05) is 0 Å². The summed E-state index contributed by atoms with van der Waals surface area (Å²) in [4.78, 5) is 0. The van der Waals surface area contributed by atoms with Gasteiger partial charge in [-0.3, -0.25) is 0 Å². The molecule has 0 saturated heterocycles. The third kappa shape index (κ3) is 6.16. The highest BCUT2D eigenvalue weighted by Crippen LogP contribution is 2.29. The van der Waals surface area contributed by atoms with Gasteiger partial charge in [-0.1, -0.05) is 52.4 Å². The fourth-order valence-corrected chi connectivity index (χ4v) is 2.05. The van der Waals surface area contributed by atoms with Gasteiger partial charge in [-0.15, -0.1) is 0 Å². The van der Waals surface area contributed by atoms with Crippen molar-refractivity contribution in [1.82, 2.24) is 0 Å². The number of unbranched alkanes of at least 4 members (excludes halogenated alkanes) is 4. The normalized spacial score (nSPS) is 12.0. The predicted molar refractivity (Wildman–Crippen MR) is 66.9 cm³/mol. The summed E-state index contributed by atoms with van der Waals surface area (Å²) in [6.07, 6.45) is 9.60. The molecular weight excluding hydrogens is 186 g/mol. The van der Waals surface area contributed by atoms with Crippen LogP contribution >= 0.6 is 0 Å². The lowest BCUT2D eigenvalue weighted by Gasteiger charge is -2.30. The Bertz CT molecular complexity index is 120. The lowest BCUT2D eigenvalue weighted by Crippen LogP contribution is -2.34. The van der Waals surface area contributed by atoms with E-state index in [9.17, 15) is 5.11 Å². The van der Waals surface area contributed by atoms with Gasteiger partial charge in [0.25, 0.3) is 0 Å². The van der Waals surface area contributed by atoms with Crippen molar-refractivity contribution in [3.8, 4) is 0 Å². The lowest BCUT2D eigenvalue weighted by atomic mass is 9.79. The Kier molecular flexibility index (Phi) is 9.12. The number of aliphatic hydroxyl groups is 1. The third-order valence-electron chi connectivity index (χ3n) is 3.39. The molecule has 0 aliphatic rings. The van der Waals surface area contributed by atoms with Gasteiger partial charge in [-0.05, 0) is 12.8 Å². The molecule has 0 unspecified atom stereocenters. The zero-order valence-corrected chi connectivity index (χ0v) is 10.6. The Morgan fingerprint density at radius 1 is 0.933 bits per heavy atom. The molecule has 0 aromatic carbocycles. The summed E-state index contributed by atoms with van der Waals surface area (Å²) in [6.45, 7) is 5.31. The van der Waals surface area contributed by atoms with Crippen molar-refractivity contribution in [1.29, 1.82) is 0 Å². The van der Waals surface area contributed by atoms with Crippen LogP contribution in [0.3, 0.4) is 0 Å². The van der Waals surface area contributed by atoms with Gasteiger partial charge in [0.15, 0.2) is 0 Å². The van der Waals surface area contributed by atoms with Crippen LogP contribution in [0.25, 0.3) is 0 Å². The zero-order valence-electron chi connectivity index (χ0n) is 10.6. The standard InChI is InChI=1S/C13H29NO/c1-3-5-7-9-13(11-14,12-15)10-8-6-4-2/h15H,3-12,14H2,1-2H3. The maximum Gasteiger partial charge on any atom is 0.0499 e. The molecule has 0 aromatic rings. The molecule has 0 atom stereocenters. The van der Waals surface area contributed by atoms with E-state index in [1.54, 1.807) is 0 Å². The molecule has 2 heteroatoms. The second-order valence-electron chi connectivity index (χ2n) is 4.78. The first-order valence-electron chi connectivity index (χ1n) is 6.55. The fourth-order valence-electron chi connectivity index (χ4n) is 2.05. The molecule has 0 fully saturated rings. The smallest absolute Gasteiger partial charge is 0.0499 e. The lowest BCUT2D eigenvalue weighted by molar-refractivity contribution is 0.106. The van der Waals surface area contributed by atoms with E-state index in [2.05, 4.69) is 13.8 Å². The molecule has 0 rings (SSSR count). The van der Waals surface area contributed by atoms with Crippen molar-refractivity contribution in [3.05, 3.63) is 0 Å². The van der Waals surface area contributed by atoms with E-state index in [0.717, 1.165) is 12.8 Å². The molecule has 2 nitrogen and oxygen atoms in total. The fraction of sp³-hybridized carbons (Fsp3) is 1.00. The molecule has 0 spiro atoms. The summed E-state index contributed by atoms with van der Waals surface area (Å²) in [6, 6.07) is 0. The minimum absolute atomic E-state index is 0.0182. The molecule has 3 N–H and O–H groups in total. The van der Waals surface area contributed by atoms with Crippen molar-refractivity contribution in [2.45, 2.75) is 65.2 Å². The van der Waals surface area contributed by atoms with Crippen molar-refractivity contribution in [2.75, 3.05) is 13.2 Å². The number of aliphatic hydroxyl groups excluding tert-OH is 1. The maximum atomic E-state index is 9.50. The molecule has 15 heavy (non-hydrogen) atoms. The molecule has 0 aliphatic heterocycles. The Morgan fingerprint density at radius 2 is 1.40 bits per heavy atom. The van der Waals surface area contributed by atoms with Gasteiger partial charge in [-0.25, -0.2) is 0 Å². The Hall–Kier alpha value is -0.0800. The quantitative estimate of drug-likeness (QED) is 0.550. The van der Waals surface area contributed by atoms with E-state index < -0.39 is 0 Å². The molecule has 0 aliphatic carbocycles. The van der Waals surface area contributed by atoms with Gasteiger partial charge < -0.3 is 10.8 Å². The van der Waals surface area contributed by atoms with E-state index in [1.165, 1.54) is 38.5 Å². The first kappa shape index (κ1) is 14.9. The van der Waals surface area contributed by atoms with Gasteiger partial charge in [0.1, 0.15) is 0 Å². The minimum Gasteiger partial charge on any atom is -0.396 e. The van der Waals surface area contributed by atoms with Crippen LogP contribution in [0, 0.1) is 5.41 Å². The van der Waals surface area contributed by atoms with Crippen LogP contribution in [-0.4, -0.2) is 18.3 Å². The molecule has 0 bridgehead atoms. The first-order valence-corrected chi connectivity index (χ1v) is 6.55. The zero-order chi connectivity index (χ0) is 11.6. The number of nitrogens with two attached hydrogens (primary N) is 1. The number of rotatable bonds is 10. The van der Waals surface area contributed by atoms with Crippen molar-refractivity contribution in [2.24, 2.45) is 11.1 Å². The SMILES string of the molecule is CCCCCC(CN)(CO)CCCCC. The molecular formula is C13H29NO. The van der Waals surface area contributed by atoms with E-state index in [4.69, 9.17) is 5.73 Å². The van der Waals surface area contributed by atoms with Crippen molar-refractivity contribution < 1.29 is 5.11 Å². The second kappa shape index (κ2) is 9.17. The van der Waals surface area contributed by atoms with Gasteiger partial charge in [-0.2, -0.15) is 0 Å². The van der Waals surface area contributed by atoms with E-state index in [0.29, 0.717) is 6.54 Å². The molecule has 0 aromatic heterocycles. The third-order valence-corrected chi connectivity index (χ3v) is 3.39. The van der Waals surface area contributed by atoms with Crippen molar-refractivity contribution in [3.63, 3.8) is 0 Å². The predicted octanol–water partition coefficient (Wildman–Crippen LogP) is 3.08. The highest BCUT2D eigenvalue weighted by atomic mass is 16.3. The Morgan fingerprint density at radius 3 is 1.67 bits per heavy atom. The van der Waals surface area contributed by atoms with Gasteiger partial charge in [0, 0.05) is 18.6 Å². The van der Waals surface area contributed by atoms with E-state index in [-0.39, 0.29) is 12.0 Å². The van der Waals surface area contributed by atoms with Crippen molar-refractivity contribution >= 4 is 0 Å². The van der Waals surface area contributed by atoms with Gasteiger partial charge >= 0.3 is 0 Å². The average Bonchev–Trinajstić information content (AvgIpc) is 2.28. The van der Waals surface area contributed by atoms with Crippen LogP contribution in [0.5, 0.6) is 0 Å². The topological polar surface area (TPSA) is 46.2 Å². The molecule has 92 valence electrons. The highest BCUT2D eigenvalue weighted by Gasteiger charge is 2.26. The van der Waals surface area contributed by atoms with Crippen LogP contribution in [0.2, 0.25) is 0 Å². The summed E-state index contributed by atoms with van der Waals surface area (Å²) in [5.74, 6) is 0. The molecule has 0 heterocycles. The van der Waals surface area contributed by atoms with Crippen LogP contribution in [0.15, 0.2) is 0 Å². The summed E-state index contributed by atoms with van der Waals surface area (Å²) in [5.41, 5.74) is 5.84. The highest BCUT2D eigenvalue weighted by molar-refractivity contribution is 4.79.